The van der Waals surface area contributed by atoms with Gasteiger partial charge in [-0.05, 0) is 42.7 Å². The summed E-state index contributed by atoms with van der Waals surface area (Å²) in [6.07, 6.45) is 3.03. The smallest absolute Gasteiger partial charge is 0.231 e. The Morgan fingerprint density at radius 3 is 3.04 bits per heavy atom. The minimum Gasteiger partial charge on any atom is -0.454 e. The first-order chi connectivity index (χ1) is 12.7. The Bertz CT molecular complexity index is 949. The van der Waals surface area contributed by atoms with Crippen molar-refractivity contribution in [3.8, 4) is 11.5 Å². The highest BCUT2D eigenvalue weighted by atomic mass is 16.7. The van der Waals surface area contributed by atoms with E-state index in [-0.39, 0.29) is 12.7 Å². The highest BCUT2D eigenvalue weighted by molar-refractivity contribution is 5.82. The van der Waals surface area contributed by atoms with Crippen LogP contribution in [0.3, 0.4) is 0 Å². The van der Waals surface area contributed by atoms with Crippen LogP contribution in [-0.4, -0.2) is 29.0 Å². The molecule has 1 amide bonds. The standard InChI is InChI=1S/C20H21N3O3/c1-14-3-2-4-17-16(14)12-22-23(17)10-8-20(24)21-9-7-15-5-6-18-19(11-15)26-13-25-18/h2-6,11-12H,7-10,13H2,1H3,(H,21,24). The van der Waals surface area contributed by atoms with E-state index in [1.165, 1.54) is 5.56 Å². The van der Waals surface area contributed by atoms with Crippen molar-refractivity contribution in [1.82, 2.24) is 15.1 Å². The predicted octanol–water partition coefficient (Wildman–Crippen LogP) is 2.82. The Kier molecular flexibility index (Phi) is 4.48. The summed E-state index contributed by atoms with van der Waals surface area (Å²) in [5.74, 6) is 1.58. The number of aryl methyl sites for hydroxylation is 2. The number of amides is 1. The summed E-state index contributed by atoms with van der Waals surface area (Å²) in [7, 11) is 0. The first-order valence-electron chi connectivity index (χ1n) is 8.77. The molecule has 1 aliphatic rings. The van der Waals surface area contributed by atoms with Crippen LogP contribution in [0.2, 0.25) is 0 Å². The Morgan fingerprint density at radius 1 is 1.23 bits per heavy atom. The van der Waals surface area contributed by atoms with Crippen LogP contribution in [-0.2, 0) is 17.8 Å². The lowest BCUT2D eigenvalue weighted by molar-refractivity contribution is -0.121. The van der Waals surface area contributed by atoms with E-state index in [1.54, 1.807) is 0 Å². The molecule has 0 saturated heterocycles. The van der Waals surface area contributed by atoms with Gasteiger partial charge < -0.3 is 14.8 Å². The monoisotopic (exact) mass is 351 g/mol. The van der Waals surface area contributed by atoms with E-state index in [9.17, 15) is 4.79 Å². The van der Waals surface area contributed by atoms with Crippen LogP contribution in [0.5, 0.6) is 11.5 Å². The molecule has 0 saturated carbocycles. The Balaban J connectivity index is 1.27. The van der Waals surface area contributed by atoms with Gasteiger partial charge in [-0.25, -0.2) is 0 Å². The van der Waals surface area contributed by atoms with Crippen LogP contribution in [0.15, 0.2) is 42.6 Å². The summed E-state index contributed by atoms with van der Waals surface area (Å²) < 4.78 is 12.6. The fraction of sp³-hybridized carbons (Fsp3) is 0.300. The number of fused-ring (bicyclic) bond motifs is 2. The molecule has 26 heavy (non-hydrogen) atoms. The average Bonchev–Trinajstić information content (AvgIpc) is 3.27. The second kappa shape index (κ2) is 7.07. The number of carbonyl (C=O) groups excluding carboxylic acids is 1. The SMILES string of the molecule is Cc1cccc2c1cnn2CCC(=O)NCCc1ccc2c(c1)OCO2. The van der Waals surface area contributed by atoms with E-state index >= 15 is 0 Å². The largest absolute Gasteiger partial charge is 0.454 e. The van der Waals surface area contributed by atoms with Crippen molar-refractivity contribution < 1.29 is 14.3 Å². The third-order valence-corrected chi connectivity index (χ3v) is 4.63. The topological polar surface area (TPSA) is 65.4 Å². The van der Waals surface area contributed by atoms with Gasteiger partial charge >= 0.3 is 0 Å². The fourth-order valence-electron chi connectivity index (χ4n) is 3.16. The van der Waals surface area contributed by atoms with Gasteiger partial charge in [0, 0.05) is 18.4 Å². The molecule has 0 atom stereocenters. The molecule has 0 unspecified atom stereocenters. The van der Waals surface area contributed by atoms with Crippen molar-refractivity contribution in [3.63, 3.8) is 0 Å². The molecular formula is C20H21N3O3. The lowest BCUT2D eigenvalue weighted by atomic mass is 10.1. The number of hydrogen-bond acceptors (Lipinski definition) is 4. The quantitative estimate of drug-likeness (QED) is 0.742. The van der Waals surface area contributed by atoms with E-state index in [2.05, 4.69) is 23.4 Å². The van der Waals surface area contributed by atoms with Gasteiger partial charge in [-0.3, -0.25) is 9.48 Å². The highest BCUT2D eigenvalue weighted by Crippen LogP contribution is 2.32. The second-order valence-corrected chi connectivity index (χ2v) is 6.41. The maximum Gasteiger partial charge on any atom is 0.231 e. The third-order valence-electron chi connectivity index (χ3n) is 4.63. The summed E-state index contributed by atoms with van der Waals surface area (Å²) in [5.41, 5.74) is 3.38. The first-order valence-corrected chi connectivity index (χ1v) is 8.77. The number of nitrogens with zero attached hydrogens (tertiary/aromatic N) is 2. The molecule has 1 aliphatic heterocycles. The molecule has 2 aromatic carbocycles. The molecule has 0 aliphatic carbocycles. The molecule has 0 radical (unpaired) electrons. The van der Waals surface area contributed by atoms with Gasteiger partial charge in [0.15, 0.2) is 11.5 Å². The lowest BCUT2D eigenvalue weighted by Crippen LogP contribution is -2.26. The molecule has 0 fully saturated rings. The molecule has 1 N–H and O–H groups in total. The van der Waals surface area contributed by atoms with Crippen LogP contribution in [0.1, 0.15) is 17.5 Å². The fourth-order valence-corrected chi connectivity index (χ4v) is 3.16. The Morgan fingerprint density at radius 2 is 2.12 bits per heavy atom. The molecule has 6 heteroatoms. The summed E-state index contributed by atoms with van der Waals surface area (Å²) >= 11 is 0. The van der Waals surface area contributed by atoms with Crippen molar-refractivity contribution in [2.24, 2.45) is 0 Å². The number of aromatic nitrogens is 2. The van der Waals surface area contributed by atoms with Crippen molar-refractivity contribution in [2.75, 3.05) is 13.3 Å². The summed E-state index contributed by atoms with van der Waals surface area (Å²) in [5, 5.41) is 8.50. The van der Waals surface area contributed by atoms with Crippen LogP contribution in [0.4, 0.5) is 0 Å². The maximum atomic E-state index is 12.1. The number of benzene rings is 2. The molecule has 6 nitrogen and oxygen atoms in total. The maximum absolute atomic E-state index is 12.1. The van der Waals surface area contributed by atoms with Crippen LogP contribution in [0.25, 0.3) is 10.9 Å². The minimum atomic E-state index is 0.0297. The zero-order valence-corrected chi connectivity index (χ0v) is 14.7. The van der Waals surface area contributed by atoms with Crippen molar-refractivity contribution in [1.29, 1.82) is 0 Å². The Labute approximate surface area is 151 Å². The van der Waals surface area contributed by atoms with Gasteiger partial charge in [-0.1, -0.05) is 18.2 Å². The van der Waals surface area contributed by atoms with E-state index in [0.717, 1.165) is 34.4 Å². The molecule has 3 aromatic rings. The van der Waals surface area contributed by atoms with Gasteiger partial charge in [0.05, 0.1) is 18.3 Å². The van der Waals surface area contributed by atoms with Gasteiger partial charge in [-0.2, -0.15) is 5.10 Å². The number of ether oxygens (including phenoxy) is 2. The molecule has 1 aromatic heterocycles. The molecule has 134 valence electrons. The van der Waals surface area contributed by atoms with Gasteiger partial charge in [-0.15, -0.1) is 0 Å². The molecule has 0 spiro atoms. The Hall–Kier alpha value is -3.02. The average molecular weight is 351 g/mol. The van der Waals surface area contributed by atoms with E-state index in [1.807, 2.05) is 41.2 Å². The zero-order valence-electron chi connectivity index (χ0n) is 14.7. The molecule has 4 rings (SSSR count). The number of carbonyl (C=O) groups is 1. The molecular weight excluding hydrogens is 330 g/mol. The van der Waals surface area contributed by atoms with E-state index in [4.69, 9.17) is 9.47 Å². The van der Waals surface area contributed by atoms with E-state index < -0.39 is 0 Å². The van der Waals surface area contributed by atoms with E-state index in [0.29, 0.717) is 19.5 Å². The lowest BCUT2D eigenvalue weighted by Gasteiger charge is -2.07. The van der Waals surface area contributed by atoms with Crippen molar-refractivity contribution in [2.45, 2.75) is 26.3 Å². The first kappa shape index (κ1) is 16.4. The molecule has 0 bridgehead atoms. The predicted molar refractivity (Wildman–Crippen MR) is 98.4 cm³/mol. The minimum absolute atomic E-state index is 0.0297. The molecule has 2 heterocycles. The number of rotatable bonds is 6. The normalized spacial score (nSPS) is 12.5. The van der Waals surface area contributed by atoms with Crippen LogP contribution < -0.4 is 14.8 Å². The second-order valence-electron chi connectivity index (χ2n) is 6.41. The highest BCUT2D eigenvalue weighted by Gasteiger charge is 2.13. The summed E-state index contributed by atoms with van der Waals surface area (Å²) in [6.45, 7) is 3.51. The van der Waals surface area contributed by atoms with Crippen LogP contribution >= 0.6 is 0 Å². The third kappa shape index (κ3) is 3.35. The summed E-state index contributed by atoms with van der Waals surface area (Å²) in [4.78, 5) is 12.1. The van der Waals surface area contributed by atoms with Crippen molar-refractivity contribution in [3.05, 3.63) is 53.7 Å². The van der Waals surface area contributed by atoms with Gasteiger partial charge in [0.25, 0.3) is 0 Å². The van der Waals surface area contributed by atoms with Gasteiger partial charge in [0.1, 0.15) is 0 Å². The van der Waals surface area contributed by atoms with Crippen molar-refractivity contribution >= 4 is 16.8 Å². The van der Waals surface area contributed by atoms with Gasteiger partial charge in [0.2, 0.25) is 12.7 Å². The zero-order chi connectivity index (χ0) is 17.9. The number of hydrogen-bond donors (Lipinski definition) is 1. The number of nitrogens with one attached hydrogen (secondary N) is 1. The summed E-state index contributed by atoms with van der Waals surface area (Å²) in [6, 6.07) is 12.0. The van der Waals surface area contributed by atoms with Crippen LogP contribution in [0, 0.1) is 6.92 Å².